The van der Waals surface area contributed by atoms with E-state index in [0.29, 0.717) is 11.3 Å². The highest BCUT2D eigenvalue weighted by molar-refractivity contribution is 5.94. The Hall–Kier alpha value is -1.46. The number of rotatable bonds is 7. The smallest absolute Gasteiger partial charge is 0.159 e. The molecular weight excluding hydrogens is 283 g/mol. The molecule has 4 nitrogen and oxygen atoms in total. The second-order valence-corrected chi connectivity index (χ2v) is 5.84. The Morgan fingerprint density at radius 1 is 1.18 bits per heavy atom. The molecule has 1 aliphatic rings. The van der Waals surface area contributed by atoms with E-state index in [2.05, 4.69) is 4.90 Å². The number of piperazine rings is 1. The lowest BCUT2D eigenvalue weighted by Crippen LogP contribution is -2.46. The van der Waals surface area contributed by atoms with Gasteiger partial charge in [0, 0.05) is 38.3 Å². The largest absolute Gasteiger partial charge is 0.396 e. The van der Waals surface area contributed by atoms with Gasteiger partial charge in [-0.2, -0.15) is 0 Å². The molecule has 1 N–H and O–H groups in total. The third-order valence-corrected chi connectivity index (χ3v) is 4.20. The zero-order valence-electron chi connectivity index (χ0n) is 13.2. The minimum atomic E-state index is -0.316. The van der Waals surface area contributed by atoms with Crippen LogP contribution in [0.15, 0.2) is 18.2 Å². The van der Waals surface area contributed by atoms with E-state index in [0.717, 1.165) is 52.0 Å². The lowest BCUT2D eigenvalue weighted by Gasteiger charge is -2.36. The summed E-state index contributed by atoms with van der Waals surface area (Å²) < 4.78 is 14.1. The van der Waals surface area contributed by atoms with Gasteiger partial charge in [-0.1, -0.05) is 0 Å². The van der Waals surface area contributed by atoms with Gasteiger partial charge in [0.1, 0.15) is 5.82 Å². The number of aliphatic hydroxyl groups excluding tert-OH is 1. The molecule has 0 aliphatic carbocycles. The van der Waals surface area contributed by atoms with E-state index in [1.807, 2.05) is 4.90 Å². The normalized spacial score (nSPS) is 16.0. The second kappa shape index (κ2) is 8.25. The highest BCUT2D eigenvalue weighted by Gasteiger charge is 2.19. The topological polar surface area (TPSA) is 43.8 Å². The standard InChI is InChI=1S/C17H25FN2O2/c1-14(22)15-5-6-17(16(18)13-15)20-10-8-19(9-11-20)7-3-2-4-12-21/h5-6,13,21H,2-4,7-12H2,1H3. The molecule has 1 aromatic rings. The Kier molecular flexibility index (Phi) is 6.34. The number of Topliss-reactive ketones (excluding diaryl/α,β-unsaturated/α-hetero) is 1. The molecule has 122 valence electrons. The predicted octanol–water partition coefficient (Wildman–Crippen LogP) is 2.31. The molecule has 0 bridgehead atoms. The summed E-state index contributed by atoms with van der Waals surface area (Å²) in [4.78, 5) is 15.7. The first-order valence-corrected chi connectivity index (χ1v) is 8.00. The molecule has 0 spiro atoms. The van der Waals surface area contributed by atoms with Gasteiger partial charge in [-0.05, 0) is 50.9 Å². The number of carbonyl (C=O) groups is 1. The summed E-state index contributed by atoms with van der Waals surface area (Å²) in [5.74, 6) is -0.428. The van der Waals surface area contributed by atoms with Crippen LogP contribution < -0.4 is 4.90 Å². The second-order valence-electron chi connectivity index (χ2n) is 5.84. The fourth-order valence-corrected chi connectivity index (χ4v) is 2.82. The van der Waals surface area contributed by atoms with Gasteiger partial charge in [-0.15, -0.1) is 0 Å². The summed E-state index contributed by atoms with van der Waals surface area (Å²) >= 11 is 0. The Morgan fingerprint density at radius 3 is 2.50 bits per heavy atom. The van der Waals surface area contributed by atoms with Gasteiger partial charge < -0.3 is 10.0 Å². The van der Waals surface area contributed by atoms with Gasteiger partial charge in [0.2, 0.25) is 0 Å². The summed E-state index contributed by atoms with van der Waals surface area (Å²) in [7, 11) is 0. The van der Waals surface area contributed by atoms with Crippen molar-refractivity contribution >= 4 is 11.5 Å². The first kappa shape index (κ1) is 16.9. The van der Waals surface area contributed by atoms with Crippen molar-refractivity contribution in [2.75, 3.05) is 44.2 Å². The number of halogens is 1. The van der Waals surface area contributed by atoms with E-state index in [4.69, 9.17) is 5.11 Å². The monoisotopic (exact) mass is 308 g/mol. The molecule has 2 rings (SSSR count). The van der Waals surface area contributed by atoms with Gasteiger partial charge in [-0.3, -0.25) is 9.69 Å². The number of hydrogen-bond acceptors (Lipinski definition) is 4. The van der Waals surface area contributed by atoms with Crippen molar-refractivity contribution in [2.45, 2.75) is 26.2 Å². The molecule has 0 atom stereocenters. The van der Waals surface area contributed by atoms with Crippen molar-refractivity contribution in [1.29, 1.82) is 0 Å². The molecule has 0 saturated carbocycles. The SMILES string of the molecule is CC(=O)c1ccc(N2CCN(CCCCCO)CC2)c(F)c1. The zero-order chi connectivity index (χ0) is 15.9. The number of carbonyl (C=O) groups excluding carboxylic acids is 1. The number of ketones is 1. The summed E-state index contributed by atoms with van der Waals surface area (Å²) in [5.41, 5.74) is 1.01. The van der Waals surface area contributed by atoms with Gasteiger partial charge in [0.15, 0.2) is 5.78 Å². The van der Waals surface area contributed by atoms with Gasteiger partial charge in [0.05, 0.1) is 5.69 Å². The van der Waals surface area contributed by atoms with Crippen LogP contribution in [0.5, 0.6) is 0 Å². The highest BCUT2D eigenvalue weighted by atomic mass is 19.1. The summed E-state index contributed by atoms with van der Waals surface area (Å²) in [6.07, 6.45) is 3.02. The van der Waals surface area contributed by atoms with E-state index < -0.39 is 0 Å². The van der Waals surface area contributed by atoms with E-state index in [1.54, 1.807) is 12.1 Å². The van der Waals surface area contributed by atoms with Crippen molar-refractivity contribution < 1.29 is 14.3 Å². The predicted molar refractivity (Wildman–Crippen MR) is 86.0 cm³/mol. The molecule has 0 aromatic heterocycles. The number of aliphatic hydroxyl groups is 1. The van der Waals surface area contributed by atoms with Crippen LogP contribution in [0.2, 0.25) is 0 Å². The maximum Gasteiger partial charge on any atom is 0.159 e. The molecule has 1 aliphatic heterocycles. The maximum absolute atomic E-state index is 14.1. The van der Waals surface area contributed by atoms with Crippen LogP contribution in [0, 0.1) is 5.82 Å². The first-order valence-electron chi connectivity index (χ1n) is 8.00. The Labute approximate surface area is 131 Å². The maximum atomic E-state index is 14.1. The van der Waals surface area contributed by atoms with E-state index >= 15 is 0 Å². The van der Waals surface area contributed by atoms with Crippen molar-refractivity contribution in [3.63, 3.8) is 0 Å². The van der Waals surface area contributed by atoms with Crippen LogP contribution in [-0.4, -0.2) is 55.1 Å². The van der Waals surface area contributed by atoms with Crippen LogP contribution >= 0.6 is 0 Å². The Balaban J connectivity index is 1.85. The first-order chi connectivity index (χ1) is 10.6. The molecule has 1 aromatic carbocycles. The average Bonchev–Trinajstić information content (AvgIpc) is 2.52. The van der Waals surface area contributed by atoms with Crippen molar-refractivity contribution in [3.05, 3.63) is 29.6 Å². The summed E-state index contributed by atoms with van der Waals surface area (Å²) in [5, 5.41) is 8.77. The van der Waals surface area contributed by atoms with Crippen molar-refractivity contribution in [3.8, 4) is 0 Å². The van der Waals surface area contributed by atoms with Crippen LogP contribution in [0.3, 0.4) is 0 Å². The fraction of sp³-hybridized carbons (Fsp3) is 0.588. The minimum absolute atomic E-state index is 0.113. The molecule has 22 heavy (non-hydrogen) atoms. The summed E-state index contributed by atoms with van der Waals surface area (Å²) in [6, 6.07) is 4.74. The lowest BCUT2D eigenvalue weighted by molar-refractivity contribution is 0.101. The Bertz CT molecular complexity index is 499. The van der Waals surface area contributed by atoms with Crippen LogP contribution in [0.25, 0.3) is 0 Å². The van der Waals surface area contributed by atoms with Gasteiger partial charge >= 0.3 is 0 Å². The summed E-state index contributed by atoms with van der Waals surface area (Å²) in [6.45, 7) is 6.21. The van der Waals surface area contributed by atoms with E-state index in [1.165, 1.54) is 13.0 Å². The quantitative estimate of drug-likeness (QED) is 0.620. The molecule has 1 heterocycles. The third kappa shape index (κ3) is 4.52. The number of hydrogen-bond donors (Lipinski definition) is 1. The number of anilines is 1. The van der Waals surface area contributed by atoms with Crippen LogP contribution in [-0.2, 0) is 0 Å². The molecule has 0 amide bonds. The number of nitrogens with zero attached hydrogens (tertiary/aromatic N) is 2. The zero-order valence-corrected chi connectivity index (χ0v) is 13.2. The molecule has 0 radical (unpaired) electrons. The van der Waals surface area contributed by atoms with Gasteiger partial charge in [0.25, 0.3) is 0 Å². The number of unbranched alkanes of at least 4 members (excludes halogenated alkanes) is 2. The molecule has 1 fully saturated rings. The van der Waals surface area contributed by atoms with Crippen molar-refractivity contribution in [1.82, 2.24) is 4.90 Å². The molecule has 5 heteroatoms. The average molecular weight is 308 g/mol. The fourth-order valence-electron chi connectivity index (χ4n) is 2.82. The molecule has 0 unspecified atom stereocenters. The van der Waals surface area contributed by atoms with Crippen LogP contribution in [0.4, 0.5) is 10.1 Å². The molecule has 1 saturated heterocycles. The van der Waals surface area contributed by atoms with Gasteiger partial charge in [-0.25, -0.2) is 4.39 Å². The van der Waals surface area contributed by atoms with Crippen LogP contribution in [0.1, 0.15) is 36.5 Å². The lowest BCUT2D eigenvalue weighted by atomic mass is 10.1. The number of benzene rings is 1. The molecular formula is C17H25FN2O2. The van der Waals surface area contributed by atoms with Crippen molar-refractivity contribution in [2.24, 2.45) is 0 Å². The Morgan fingerprint density at radius 2 is 1.91 bits per heavy atom. The third-order valence-electron chi connectivity index (χ3n) is 4.20. The van der Waals surface area contributed by atoms with E-state index in [9.17, 15) is 9.18 Å². The highest BCUT2D eigenvalue weighted by Crippen LogP contribution is 2.22. The minimum Gasteiger partial charge on any atom is -0.396 e. The van der Waals surface area contributed by atoms with E-state index in [-0.39, 0.29) is 18.2 Å².